The van der Waals surface area contributed by atoms with E-state index in [2.05, 4.69) is 0 Å². The number of hydrogen-bond donors (Lipinski definition) is 0. The fraction of sp³-hybridized carbons (Fsp3) is 0.600. The van der Waals surface area contributed by atoms with Gasteiger partial charge in [0.2, 0.25) is 0 Å². The molecule has 4 saturated carbocycles. The molecule has 6 heteroatoms. The molecule has 0 heterocycles. The standard InChI is InChI=1S/C40H50O6/c41-37(43-23-29-15-9-13-27-11-1-3-17-31(27)29)25-45-39-33-19-5-7-21-35(33)40(36-22-8-6-20-34(36)39)46-26-38(42)44-24-30-16-10-14-28-12-2-4-18-32(28)30/h5-8,19-22,27-32H,1-4,9-18,23-26H2. The largest absolute Gasteiger partial charge is 0.481 e. The maximum Gasteiger partial charge on any atom is 0.344 e. The highest BCUT2D eigenvalue weighted by molar-refractivity contribution is 6.11. The Morgan fingerprint density at radius 2 is 0.870 bits per heavy atom. The first-order chi connectivity index (χ1) is 22.7. The Hall–Kier alpha value is -3.28. The molecule has 6 atom stereocenters. The Bertz CT molecular complexity index is 1340. The van der Waals surface area contributed by atoms with Crippen LogP contribution in [0.3, 0.4) is 0 Å². The zero-order chi connectivity index (χ0) is 31.3. The molecule has 246 valence electrons. The van der Waals surface area contributed by atoms with Gasteiger partial charge < -0.3 is 18.9 Å². The van der Waals surface area contributed by atoms with Crippen molar-refractivity contribution < 1.29 is 28.5 Å². The molecule has 0 amide bonds. The number of fused-ring (bicyclic) bond motifs is 4. The molecule has 0 radical (unpaired) electrons. The summed E-state index contributed by atoms with van der Waals surface area (Å²) in [5, 5.41) is 3.33. The van der Waals surface area contributed by atoms with Crippen molar-refractivity contribution in [1.82, 2.24) is 0 Å². The van der Waals surface area contributed by atoms with Crippen LogP contribution in [0.2, 0.25) is 0 Å². The van der Waals surface area contributed by atoms with E-state index >= 15 is 0 Å². The molecule has 0 aromatic heterocycles. The molecule has 3 aromatic carbocycles. The van der Waals surface area contributed by atoms with Gasteiger partial charge in [-0.25, -0.2) is 9.59 Å². The monoisotopic (exact) mass is 626 g/mol. The summed E-state index contributed by atoms with van der Waals surface area (Å²) in [5.74, 6) is 4.56. The van der Waals surface area contributed by atoms with Gasteiger partial charge in [0.05, 0.1) is 13.2 Å². The Labute approximate surface area is 273 Å². The molecule has 4 fully saturated rings. The van der Waals surface area contributed by atoms with Crippen LogP contribution in [-0.2, 0) is 19.1 Å². The zero-order valence-electron chi connectivity index (χ0n) is 27.3. The van der Waals surface area contributed by atoms with Gasteiger partial charge in [-0.3, -0.25) is 0 Å². The zero-order valence-corrected chi connectivity index (χ0v) is 27.3. The van der Waals surface area contributed by atoms with Crippen LogP contribution < -0.4 is 9.47 Å². The van der Waals surface area contributed by atoms with Gasteiger partial charge in [0.15, 0.2) is 13.2 Å². The van der Waals surface area contributed by atoms with Crippen molar-refractivity contribution >= 4 is 33.5 Å². The minimum Gasteiger partial charge on any atom is -0.481 e. The van der Waals surface area contributed by atoms with Crippen molar-refractivity contribution in [3.8, 4) is 11.5 Å². The van der Waals surface area contributed by atoms with Gasteiger partial charge in [-0.05, 0) is 61.2 Å². The first-order valence-electron chi connectivity index (χ1n) is 18.2. The van der Waals surface area contributed by atoms with E-state index < -0.39 is 0 Å². The molecular weight excluding hydrogens is 576 g/mol. The lowest BCUT2D eigenvalue weighted by molar-refractivity contribution is -0.149. The highest BCUT2D eigenvalue weighted by Crippen LogP contribution is 2.46. The van der Waals surface area contributed by atoms with Crippen LogP contribution in [0.15, 0.2) is 48.5 Å². The predicted molar refractivity (Wildman–Crippen MR) is 180 cm³/mol. The average molecular weight is 627 g/mol. The van der Waals surface area contributed by atoms with Crippen LogP contribution in [0.4, 0.5) is 0 Å². The lowest BCUT2D eigenvalue weighted by atomic mass is 9.66. The van der Waals surface area contributed by atoms with E-state index in [1.807, 2.05) is 48.5 Å². The molecule has 0 N–H and O–H groups in total. The molecule has 6 unspecified atom stereocenters. The van der Waals surface area contributed by atoms with Crippen molar-refractivity contribution in [2.24, 2.45) is 35.5 Å². The third-order valence-corrected chi connectivity index (χ3v) is 11.9. The molecule has 3 aromatic rings. The summed E-state index contributed by atoms with van der Waals surface area (Å²) in [6.45, 7) is 0.695. The van der Waals surface area contributed by atoms with Crippen LogP contribution in [0.5, 0.6) is 11.5 Å². The summed E-state index contributed by atoms with van der Waals surface area (Å²) in [6, 6.07) is 15.7. The Morgan fingerprint density at radius 1 is 0.500 bits per heavy atom. The van der Waals surface area contributed by atoms with Crippen LogP contribution in [0, 0.1) is 35.5 Å². The van der Waals surface area contributed by atoms with E-state index in [0.29, 0.717) is 48.4 Å². The van der Waals surface area contributed by atoms with E-state index in [0.717, 1.165) is 46.2 Å². The van der Waals surface area contributed by atoms with Gasteiger partial charge in [-0.15, -0.1) is 0 Å². The van der Waals surface area contributed by atoms with Gasteiger partial charge in [-0.1, -0.05) is 113 Å². The Balaban J connectivity index is 1.01. The van der Waals surface area contributed by atoms with E-state index in [9.17, 15) is 9.59 Å². The summed E-state index contributed by atoms with van der Waals surface area (Å²) in [4.78, 5) is 25.9. The minimum atomic E-state index is -0.327. The number of hydrogen-bond acceptors (Lipinski definition) is 6. The number of carbonyl (C=O) groups excluding carboxylic acids is 2. The third kappa shape index (κ3) is 6.87. The molecule has 4 aliphatic rings. The molecule has 46 heavy (non-hydrogen) atoms. The van der Waals surface area contributed by atoms with E-state index in [1.165, 1.54) is 77.0 Å². The molecule has 0 saturated heterocycles. The second kappa shape index (κ2) is 14.6. The van der Waals surface area contributed by atoms with E-state index in [1.54, 1.807) is 0 Å². The number of rotatable bonds is 10. The average Bonchev–Trinajstić information content (AvgIpc) is 3.11. The second-order valence-corrected chi connectivity index (χ2v) is 14.5. The van der Waals surface area contributed by atoms with Crippen LogP contribution in [0.1, 0.15) is 89.9 Å². The Morgan fingerprint density at radius 3 is 1.28 bits per heavy atom. The summed E-state index contributed by atoms with van der Waals surface area (Å²) < 4.78 is 24.1. The summed E-state index contributed by atoms with van der Waals surface area (Å²) >= 11 is 0. The Kier molecular flexibility index (Phi) is 9.98. The van der Waals surface area contributed by atoms with Crippen molar-refractivity contribution in [3.63, 3.8) is 0 Å². The van der Waals surface area contributed by atoms with E-state index in [4.69, 9.17) is 18.9 Å². The first kappa shape index (κ1) is 31.3. The van der Waals surface area contributed by atoms with E-state index in [-0.39, 0.29) is 25.2 Å². The number of carbonyl (C=O) groups is 2. The van der Waals surface area contributed by atoms with Gasteiger partial charge in [0, 0.05) is 21.5 Å². The topological polar surface area (TPSA) is 71.1 Å². The van der Waals surface area contributed by atoms with Gasteiger partial charge in [0.25, 0.3) is 0 Å². The molecule has 6 nitrogen and oxygen atoms in total. The maximum absolute atomic E-state index is 13.0. The van der Waals surface area contributed by atoms with Crippen molar-refractivity contribution in [2.45, 2.75) is 89.9 Å². The highest BCUT2D eigenvalue weighted by Gasteiger charge is 2.36. The fourth-order valence-corrected chi connectivity index (χ4v) is 9.66. The smallest absolute Gasteiger partial charge is 0.344 e. The number of ether oxygens (including phenoxy) is 4. The number of benzene rings is 3. The fourth-order valence-electron chi connectivity index (χ4n) is 9.66. The molecular formula is C40H50O6. The normalized spacial score (nSPS) is 27.7. The number of esters is 2. The van der Waals surface area contributed by atoms with Crippen molar-refractivity contribution in [3.05, 3.63) is 48.5 Å². The van der Waals surface area contributed by atoms with Gasteiger partial charge in [0.1, 0.15) is 11.5 Å². The summed E-state index contributed by atoms with van der Waals surface area (Å²) in [5.41, 5.74) is 0. The lowest BCUT2D eigenvalue weighted by Crippen LogP contribution is -2.34. The quantitative estimate of drug-likeness (QED) is 0.165. The van der Waals surface area contributed by atoms with Crippen LogP contribution in [-0.4, -0.2) is 38.4 Å². The summed E-state index contributed by atoms with van der Waals surface area (Å²) in [7, 11) is 0. The lowest BCUT2D eigenvalue weighted by Gasteiger charge is -2.41. The SMILES string of the molecule is O=C(COc1c2ccccc2c(OCC(=O)OCC2CCCC3CCCCC32)c2ccccc12)OCC1CCCC2CCCCC21. The second-order valence-electron chi connectivity index (χ2n) is 14.5. The van der Waals surface area contributed by atoms with Gasteiger partial charge >= 0.3 is 11.9 Å². The first-order valence-corrected chi connectivity index (χ1v) is 18.2. The molecule has 4 aliphatic carbocycles. The van der Waals surface area contributed by atoms with Crippen molar-refractivity contribution in [2.75, 3.05) is 26.4 Å². The molecule has 0 spiro atoms. The van der Waals surface area contributed by atoms with Crippen molar-refractivity contribution in [1.29, 1.82) is 0 Å². The minimum absolute atomic E-state index is 0.148. The molecule has 7 rings (SSSR count). The predicted octanol–water partition coefficient (Wildman–Crippen LogP) is 9.05. The highest BCUT2D eigenvalue weighted by atomic mass is 16.6. The molecule has 0 aliphatic heterocycles. The third-order valence-electron chi connectivity index (χ3n) is 11.9. The van der Waals surface area contributed by atoms with Gasteiger partial charge in [-0.2, -0.15) is 0 Å². The van der Waals surface area contributed by atoms with Crippen LogP contribution in [0.25, 0.3) is 21.5 Å². The summed E-state index contributed by atoms with van der Waals surface area (Å²) in [6.07, 6.45) is 18.0. The molecule has 0 bridgehead atoms. The maximum atomic E-state index is 13.0. The van der Waals surface area contributed by atoms with Crippen LogP contribution >= 0.6 is 0 Å².